The van der Waals surface area contributed by atoms with Gasteiger partial charge < -0.3 is 5.32 Å². The van der Waals surface area contributed by atoms with Gasteiger partial charge in [-0.2, -0.15) is 0 Å². The first-order chi connectivity index (χ1) is 6.74. The summed E-state index contributed by atoms with van der Waals surface area (Å²) in [7, 11) is 0. The molecule has 0 aliphatic heterocycles. The second-order valence-electron chi connectivity index (χ2n) is 2.81. The van der Waals surface area contributed by atoms with Gasteiger partial charge >= 0.3 is 0 Å². The van der Waals surface area contributed by atoms with Crippen LogP contribution < -0.4 is 5.32 Å². The molecule has 0 saturated carbocycles. The highest BCUT2D eigenvalue weighted by molar-refractivity contribution is 14.1. The van der Waals surface area contributed by atoms with Crippen LogP contribution in [0.2, 0.25) is 0 Å². The minimum Gasteiger partial charge on any atom is -0.352 e. The van der Waals surface area contributed by atoms with Crippen LogP contribution in [0.5, 0.6) is 0 Å². The van der Waals surface area contributed by atoms with Crippen molar-refractivity contribution < 1.29 is 9.18 Å². The molecule has 1 amide bonds. The topological polar surface area (TPSA) is 29.1 Å². The standard InChI is InChI=1S/C10H11FINO/c11-9-4-1-3-8(7-9)10(14)13-6-2-5-12/h1,3-4,7H,2,5-6H2,(H,13,14). The van der Waals surface area contributed by atoms with E-state index in [1.54, 1.807) is 6.07 Å². The Bertz CT molecular complexity index is 317. The molecule has 0 saturated heterocycles. The van der Waals surface area contributed by atoms with Crippen LogP contribution >= 0.6 is 22.6 Å². The number of benzene rings is 1. The molecule has 0 aromatic heterocycles. The normalized spacial score (nSPS) is 9.86. The number of amides is 1. The van der Waals surface area contributed by atoms with E-state index < -0.39 is 0 Å². The van der Waals surface area contributed by atoms with Crippen molar-refractivity contribution in [2.24, 2.45) is 0 Å². The molecule has 1 N–H and O–H groups in total. The van der Waals surface area contributed by atoms with Crippen LogP contribution in [0, 0.1) is 5.82 Å². The van der Waals surface area contributed by atoms with Crippen LogP contribution in [0.15, 0.2) is 24.3 Å². The number of nitrogens with one attached hydrogen (secondary N) is 1. The maximum atomic E-state index is 12.7. The first-order valence-corrected chi connectivity index (χ1v) is 5.86. The number of rotatable bonds is 4. The van der Waals surface area contributed by atoms with Crippen LogP contribution in [-0.4, -0.2) is 16.9 Å². The van der Waals surface area contributed by atoms with Crippen molar-refractivity contribution in [2.75, 3.05) is 11.0 Å². The molecule has 1 aromatic rings. The molecule has 14 heavy (non-hydrogen) atoms. The molecular formula is C10H11FINO. The molecule has 0 spiro atoms. The van der Waals surface area contributed by atoms with Gasteiger partial charge in [-0.3, -0.25) is 4.79 Å². The third-order valence-corrected chi connectivity index (χ3v) is 2.45. The van der Waals surface area contributed by atoms with E-state index in [0.29, 0.717) is 12.1 Å². The second-order valence-corrected chi connectivity index (χ2v) is 3.89. The van der Waals surface area contributed by atoms with Crippen LogP contribution in [0.4, 0.5) is 4.39 Å². The predicted molar refractivity (Wildman–Crippen MR) is 62.2 cm³/mol. The molecule has 0 unspecified atom stereocenters. The lowest BCUT2D eigenvalue weighted by Gasteiger charge is -2.03. The summed E-state index contributed by atoms with van der Waals surface area (Å²) in [6.07, 6.45) is 0.932. The van der Waals surface area contributed by atoms with Crippen LogP contribution in [0.3, 0.4) is 0 Å². The zero-order chi connectivity index (χ0) is 10.4. The fourth-order valence-electron chi connectivity index (χ4n) is 1.00. The quantitative estimate of drug-likeness (QED) is 0.516. The van der Waals surface area contributed by atoms with E-state index in [4.69, 9.17) is 0 Å². The van der Waals surface area contributed by atoms with Gasteiger partial charge in [-0.15, -0.1) is 0 Å². The Morgan fingerprint density at radius 2 is 2.29 bits per heavy atom. The number of alkyl halides is 1. The second kappa shape index (κ2) is 5.95. The third-order valence-electron chi connectivity index (χ3n) is 1.68. The molecule has 1 aromatic carbocycles. The lowest BCUT2D eigenvalue weighted by atomic mass is 10.2. The molecule has 0 heterocycles. The minimum atomic E-state index is -0.383. The van der Waals surface area contributed by atoms with Gasteiger partial charge in [0, 0.05) is 16.5 Å². The SMILES string of the molecule is O=C(NCCCI)c1cccc(F)c1. The molecule has 0 fully saturated rings. The van der Waals surface area contributed by atoms with Crippen molar-refractivity contribution in [2.45, 2.75) is 6.42 Å². The molecule has 0 bridgehead atoms. The van der Waals surface area contributed by atoms with Gasteiger partial charge in [0.05, 0.1) is 0 Å². The lowest BCUT2D eigenvalue weighted by Crippen LogP contribution is -2.24. The fourth-order valence-corrected chi connectivity index (χ4v) is 1.38. The smallest absolute Gasteiger partial charge is 0.251 e. The van der Waals surface area contributed by atoms with E-state index in [-0.39, 0.29) is 11.7 Å². The minimum absolute atomic E-state index is 0.214. The van der Waals surface area contributed by atoms with E-state index >= 15 is 0 Å². The van der Waals surface area contributed by atoms with Gasteiger partial charge in [0.25, 0.3) is 5.91 Å². The Kier molecular flexibility index (Phi) is 4.86. The highest BCUT2D eigenvalue weighted by Crippen LogP contribution is 2.02. The molecule has 1 rings (SSSR count). The average molecular weight is 307 g/mol. The van der Waals surface area contributed by atoms with E-state index in [9.17, 15) is 9.18 Å². The Morgan fingerprint density at radius 1 is 1.50 bits per heavy atom. The van der Waals surface area contributed by atoms with Crippen molar-refractivity contribution in [3.63, 3.8) is 0 Å². The van der Waals surface area contributed by atoms with Crippen LogP contribution in [0.1, 0.15) is 16.8 Å². The Hall–Kier alpha value is -0.650. The molecule has 76 valence electrons. The van der Waals surface area contributed by atoms with Crippen LogP contribution in [-0.2, 0) is 0 Å². The highest BCUT2D eigenvalue weighted by Gasteiger charge is 2.04. The summed E-state index contributed by atoms with van der Waals surface area (Å²) >= 11 is 2.24. The van der Waals surface area contributed by atoms with E-state index in [2.05, 4.69) is 27.9 Å². The largest absolute Gasteiger partial charge is 0.352 e. The molecule has 0 atom stereocenters. The zero-order valence-corrected chi connectivity index (χ0v) is 9.75. The van der Waals surface area contributed by atoms with Crippen molar-refractivity contribution in [3.8, 4) is 0 Å². The first-order valence-electron chi connectivity index (χ1n) is 4.34. The number of carbonyl (C=O) groups excluding carboxylic acids is 1. The monoisotopic (exact) mass is 307 g/mol. The summed E-state index contributed by atoms with van der Waals surface area (Å²) in [6, 6.07) is 5.69. The Balaban J connectivity index is 2.52. The van der Waals surface area contributed by atoms with Crippen molar-refractivity contribution in [1.82, 2.24) is 5.32 Å². The maximum absolute atomic E-state index is 12.7. The van der Waals surface area contributed by atoms with Gasteiger partial charge in [0.2, 0.25) is 0 Å². The van der Waals surface area contributed by atoms with Crippen LogP contribution in [0.25, 0.3) is 0 Å². The maximum Gasteiger partial charge on any atom is 0.251 e. The summed E-state index contributed by atoms with van der Waals surface area (Å²) in [5, 5.41) is 2.72. The average Bonchev–Trinajstić information content (AvgIpc) is 2.18. The first kappa shape index (κ1) is 11.4. The molecule has 0 aliphatic carbocycles. The van der Waals surface area contributed by atoms with Crippen molar-refractivity contribution in [3.05, 3.63) is 35.6 Å². The van der Waals surface area contributed by atoms with Gasteiger partial charge in [0.15, 0.2) is 0 Å². The van der Waals surface area contributed by atoms with E-state index in [1.165, 1.54) is 18.2 Å². The summed E-state index contributed by atoms with van der Waals surface area (Å²) in [4.78, 5) is 11.4. The molecule has 0 aliphatic rings. The predicted octanol–water partition coefficient (Wildman–Crippen LogP) is 2.38. The lowest BCUT2D eigenvalue weighted by molar-refractivity contribution is 0.0953. The zero-order valence-electron chi connectivity index (χ0n) is 7.59. The number of halogens is 2. The summed E-state index contributed by atoms with van der Waals surface area (Å²) < 4.78 is 13.7. The van der Waals surface area contributed by atoms with Gasteiger partial charge in [-0.05, 0) is 24.6 Å². The molecule has 0 radical (unpaired) electrons. The summed E-state index contributed by atoms with van der Waals surface area (Å²) in [5.74, 6) is -0.596. The number of carbonyl (C=O) groups is 1. The van der Waals surface area contributed by atoms with Gasteiger partial charge in [-0.25, -0.2) is 4.39 Å². The third kappa shape index (κ3) is 3.61. The molecule has 4 heteroatoms. The van der Waals surface area contributed by atoms with E-state index in [0.717, 1.165) is 10.8 Å². The van der Waals surface area contributed by atoms with Gasteiger partial charge in [0.1, 0.15) is 5.82 Å². The van der Waals surface area contributed by atoms with E-state index in [1.807, 2.05) is 0 Å². The highest BCUT2D eigenvalue weighted by atomic mass is 127. The molecule has 2 nitrogen and oxygen atoms in total. The number of hydrogen-bond donors (Lipinski definition) is 1. The fraction of sp³-hybridized carbons (Fsp3) is 0.300. The van der Waals surface area contributed by atoms with Gasteiger partial charge in [-0.1, -0.05) is 28.7 Å². The van der Waals surface area contributed by atoms with Crippen molar-refractivity contribution in [1.29, 1.82) is 0 Å². The van der Waals surface area contributed by atoms with Crippen molar-refractivity contribution >= 4 is 28.5 Å². The number of hydrogen-bond acceptors (Lipinski definition) is 1. The summed E-state index contributed by atoms with van der Waals surface area (Å²) in [5.41, 5.74) is 0.374. The Morgan fingerprint density at radius 3 is 2.93 bits per heavy atom. The Labute approximate surface area is 96.0 Å². The summed E-state index contributed by atoms with van der Waals surface area (Å²) in [6.45, 7) is 0.637. The molecular weight excluding hydrogens is 296 g/mol.